The van der Waals surface area contributed by atoms with Gasteiger partial charge in [0.05, 0.1) is 5.69 Å². The summed E-state index contributed by atoms with van der Waals surface area (Å²) in [5.41, 5.74) is 1.12. The lowest BCUT2D eigenvalue weighted by atomic mass is 9.81. The monoisotopic (exact) mass is 343 g/mol. The number of nitrogens with zero attached hydrogens (tertiary/aromatic N) is 3. The van der Waals surface area contributed by atoms with Crippen LogP contribution in [0.2, 0.25) is 0 Å². The lowest BCUT2D eigenvalue weighted by molar-refractivity contribution is 0.414. The number of rotatable bonds is 7. The highest BCUT2D eigenvalue weighted by molar-refractivity contribution is 7.05. The molecule has 2 N–H and O–H groups in total. The standard InChI is InChI=1S/C18H25N5S/c1-12(15-5-6-22-24-15)9-16-21-11-14(23-16)13(2)10-18(3,4)17-19-7-8-20-17/h5-8,11-13H,9-10H2,1-4H3,(H,19,20)(H,21,23). The first-order chi connectivity index (χ1) is 11.5. The van der Waals surface area contributed by atoms with Crippen molar-refractivity contribution in [1.29, 1.82) is 0 Å². The van der Waals surface area contributed by atoms with Crippen LogP contribution in [-0.4, -0.2) is 24.3 Å². The van der Waals surface area contributed by atoms with Gasteiger partial charge in [-0.15, -0.1) is 0 Å². The highest BCUT2D eigenvalue weighted by atomic mass is 32.1. The van der Waals surface area contributed by atoms with Gasteiger partial charge < -0.3 is 9.97 Å². The van der Waals surface area contributed by atoms with Crippen molar-refractivity contribution in [3.63, 3.8) is 0 Å². The number of nitrogens with one attached hydrogen (secondary N) is 2. The fraction of sp³-hybridized carbons (Fsp3) is 0.500. The SMILES string of the molecule is CC(CC(C)(C)c1ncc[nH]1)c1c[nH]c(CC(C)c2ccns2)n1. The summed E-state index contributed by atoms with van der Waals surface area (Å²) < 4.78 is 4.19. The van der Waals surface area contributed by atoms with E-state index in [1.54, 1.807) is 11.5 Å². The minimum Gasteiger partial charge on any atom is -0.348 e. The zero-order chi connectivity index (χ0) is 17.2. The van der Waals surface area contributed by atoms with Crippen LogP contribution in [0.3, 0.4) is 0 Å². The Bertz CT molecular complexity index is 742. The second kappa shape index (κ2) is 6.89. The van der Waals surface area contributed by atoms with Crippen molar-refractivity contribution in [2.75, 3.05) is 0 Å². The predicted octanol–water partition coefficient (Wildman–Crippen LogP) is 4.41. The number of hydrogen-bond donors (Lipinski definition) is 2. The van der Waals surface area contributed by atoms with Gasteiger partial charge in [0.25, 0.3) is 0 Å². The molecule has 128 valence electrons. The summed E-state index contributed by atoms with van der Waals surface area (Å²) in [6.45, 7) is 8.90. The second-order valence-corrected chi connectivity index (χ2v) is 8.08. The molecule has 0 radical (unpaired) electrons. The summed E-state index contributed by atoms with van der Waals surface area (Å²) in [5.74, 6) is 2.89. The van der Waals surface area contributed by atoms with Crippen LogP contribution in [0.4, 0.5) is 0 Å². The molecule has 0 fully saturated rings. The van der Waals surface area contributed by atoms with Gasteiger partial charge in [-0.05, 0) is 29.9 Å². The number of aromatic amines is 2. The summed E-state index contributed by atoms with van der Waals surface area (Å²) in [4.78, 5) is 17.1. The van der Waals surface area contributed by atoms with E-state index >= 15 is 0 Å². The van der Waals surface area contributed by atoms with E-state index < -0.39 is 0 Å². The molecule has 0 bridgehead atoms. The lowest BCUT2D eigenvalue weighted by Crippen LogP contribution is -2.21. The summed E-state index contributed by atoms with van der Waals surface area (Å²) in [5, 5.41) is 0. The molecule has 5 nitrogen and oxygen atoms in total. The van der Waals surface area contributed by atoms with Crippen molar-refractivity contribution < 1.29 is 0 Å². The van der Waals surface area contributed by atoms with Crippen LogP contribution in [0.5, 0.6) is 0 Å². The highest BCUT2D eigenvalue weighted by Crippen LogP contribution is 2.32. The Morgan fingerprint density at radius 3 is 2.67 bits per heavy atom. The Kier molecular flexibility index (Phi) is 4.85. The van der Waals surface area contributed by atoms with E-state index in [4.69, 9.17) is 4.98 Å². The Morgan fingerprint density at radius 2 is 2.00 bits per heavy atom. The fourth-order valence-corrected chi connectivity index (χ4v) is 3.84. The van der Waals surface area contributed by atoms with E-state index in [1.165, 1.54) is 4.88 Å². The van der Waals surface area contributed by atoms with Crippen molar-refractivity contribution in [3.05, 3.63) is 53.1 Å². The summed E-state index contributed by atoms with van der Waals surface area (Å²) in [6, 6.07) is 2.09. The molecule has 3 rings (SSSR count). The third-order valence-electron chi connectivity index (χ3n) is 4.55. The molecule has 3 heterocycles. The zero-order valence-electron chi connectivity index (χ0n) is 14.7. The molecule has 0 aliphatic rings. The molecule has 3 aromatic heterocycles. The van der Waals surface area contributed by atoms with Crippen molar-refractivity contribution in [1.82, 2.24) is 24.3 Å². The number of imidazole rings is 2. The lowest BCUT2D eigenvalue weighted by Gasteiger charge is -2.25. The van der Waals surface area contributed by atoms with Crippen LogP contribution in [0.25, 0.3) is 0 Å². The Labute approximate surface area is 147 Å². The first kappa shape index (κ1) is 16.9. The quantitative estimate of drug-likeness (QED) is 0.667. The second-order valence-electron chi connectivity index (χ2n) is 7.22. The van der Waals surface area contributed by atoms with E-state index in [1.807, 2.05) is 18.6 Å². The van der Waals surface area contributed by atoms with Gasteiger partial charge in [-0.1, -0.05) is 27.7 Å². The smallest absolute Gasteiger partial charge is 0.111 e. The van der Waals surface area contributed by atoms with E-state index in [9.17, 15) is 0 Å². The molecule has 0 aromatic carbocycles. The zero-order valence-corrected chi connectivity index (χ0v) is 15.5. The third kappa shape index (κ3) is 3.75. The van der Waals surface area contributed by atoms with Crippen molar-refractivity contribution in [2.45, 2.75) is 57.8 Å². The van der Waals surface area contributed by atoms with E-state index in [0.29, 0.717) is 11.8 Å². The van der Waals surface area contributed by atoms with Crippen molar-refractivity contribution >= 4 is 11.5 Å². The van der Waals surface area contributed by atoms with Gasteiger partial charge in [0.1, 0.15) is 11.6 Å². The van der Waals surface area contributed by atoms with Crippen LogP contribution in [0.15, 0.2) is 30.9 Å². The molecule has 0 saturated heterocycles. The van der Waals surface area contributed by atoms with E-state index in [0.717, 1.165) is 30.2 Å². The molecule has 0 aliphatic heterocycles. The molecule has 0 saturated carbocycles. The highest BCUT2D eigenvalue weighted by Gasteiger charge is 2.27. The minimum absolute atomic E-state index is 0.00202. The van der Waals surface area contributed by atoms with Crippen LogP contribution in [-0.2, 0) is 11.8 Å². The van der Waals surface area contributed by atoms with Crippen LogP contribution < -0.4 is 0 Å². The minimum atomic E-state index is -0.00202. The van der Waals surface area contributed by atoms with E-state index in [2.05, 4.69) is 59.3 Å². The number of aromatic nitrogens is 5. The molecule has 0 spiro atoms. The number of hydrogen-bond acceptors (Lipinski definition) is 4. The molecule has 2 unspecified atom stereocenters. The first-order valence-electron chi connectivity index (χ1n) is 8.40. The average Bonchev–Trinajstić information content (AvgIpc) is 3.28. The van der Waals surface area contributed by atoms with Gasteiger partial charge in [-0.3, -0.25) is 0 Å². The average molecular weight is 344 g/mol. The third-order valence-corrected chi connectivity index (χ3v) is 5.53. The van der Waals surface area contributed by atoms with Crippen LogP contribution >= 0.6 is 11.5 Å². The van der Waals surface area contributed by atoms with Gasteiger partial charge >= 0.3 is 0 Å². The van der Waals surface area contributed by atoms with Gasteiger partial charge in [-0.25, -0.2) is 14.3 Å². The normalized spacial score (nSPS) is 14.7. The van der Waals surface area contributed by atoms with Gasteiger partial charge in [0.2, 0.25) is 0 Å². The first-order valence-corrected chi connectivity index (χ1v) is 9.17. The van der Waals surface area contributed by atoms with Gasteiger partial charge in [0.15, 0.2) is 0 Å². The summed E-state index contributed by atoms with van der Waals surface area (Å²) >= 11 is 1.57. The van der Waals surface area contributed by atoms with Crippen molar-refractivity contribution in [2.24, 2.45) is 0 Å². The molecule has 6 heteroatoms. The predicted molar refractivity (Wildman–Crippen MR) is 97.5 cm³/mol. The summed E-state index contributed by atoms with van der Waals surface area (Å²) in [7, 11) is 0. The topological polar surface area (TPSA) is 70.2 Å². The van der Waals surface area contributed by atoms with Crippen LogP contribution in [0, 0.1) is 0 Å². The Hall–Kier alpha value is -1.95. The maximum absolute atomic E-state index is 4.82. The fourth-order valence-electron chi connectivity index (χ4n) is 3.21. The van der Waals surface area contributed by atoms with Gasteiger partial charge in [-0.2, -0.15) is 0 Å². The van der Waals surface area contributed by atoms with Gasteiger partial charge in [0, 0.05) is 47.4 Å². The molecule has 0 amide bonds. The molecule has 2 atom stereocenters. The van der Waals surface area contributed by atoms with E-state index in [-0.39, 0.29) is 5.41 Å². The molecule has 24 heavy (non-hydrogen) atoms. The largest absolute Gasteiger partial charge is 0.348 e. The summed E-state index contributed by atoms with van der Waals surface area (Å²) in [6.07, 6.45) is 9.52. The maximum atomic E-state index is 4.82. The molecular formula is C18H25N5S. The molecular weight excluding hydrogens is 318 g/mol. The Balaban J connectivity index is 1.64. The number of H-pyrrole nitrogens is 2. The van der Waals surface area contributed by atoms with Crippen molar-refractivity contribution in [3.8, 4) is 0 Å². The Morgan fingerprint density at radius 1 is 1.17 bits per heavy atom. The molecule has 0 aliphatic carbocycles. The maximum Gasteiger partial charge on any atom is 0.111 e. The molecule has 3 aromatic rings. The van der Waals surface area contributed by atoms with Crippen LogP contribution in [0.1, 0.15) is 68.2 Å².